The minimum Gasteiger partial charge on any atom is -0.494 e. The van der Waals surface area contributed by atoms with Gasteiger partial charge in [0.2, 0.25) is 0 Å². The predicted molar refractivity (Wildman–Crippen MR) is 84.5 cm³/mol. The highest BCUT2D eigenvalue weighted by atomic mass is 35.5. The number of benzene rings is 1. The van der Waals surface area contributed by atoms with Crippen LogP contribution in [0.1, 0.15) is 17.5 Å². The van der Waals surface area contributed by atoms with Gasteiger partial charge in [0.1, 0.15) is 10.8 Å². The first-order valence-electron chi connectivity index (χ1n) is 6.59. The molecule has 21 heavy (non-hydrogen) atoms. The summed E-state index contributed by atoms with van der Waals surface area (Å²) in [7, 11) is 0. The Bertz CT molecular complexity index is 678. The number of hydrogen-bond donors (Lipinski definition) is 0. The molecule has 0 bridgehead atoms. The Morgan fingerprint density at radius 3 is 2.52 bits per heavy atom. The van der Waals surface area contributed by atoms with E-state index in [-0.39, 0.29) is 15.6 Å². The van der Waals surface area contributed by atoms with Crippen LogP contribution >= 0.6 is 23.2 Å². The van der Waals surface area contributed by atoms with Gasteiger partial charge in [0.25, 0.3) is 5.56 Å². The maximum absolute atomic E-state index is 11.8. The Hall–Kier alpha value is -1.52. The van der Waals surface area contributed by atoms with E-state index in [4.69, 9.17) is 27.9 Å². The minimum absolute atomic E-state index is 0.00175. The molecule has 0 fully saturated rings. The number of nitrogens with zero attached hydrogens (tertiary/aromatic N) is 2. The Kier molecular flexibility index (Phi) is 5.26. The van der Waals surface area contributed by atoms with E-state index in [0.717, 1.165) is 16.9 Å². The van der Waals surface area contributed by atoms with Crippen LogP contribution in [0, 0.1) is 13.8 Å². The monoisotopic (exact) mass is 326 g/mol. The molecule has 2 rings (SSSR count). The highest BCUT2D eigenvalue weighted by molar-refractivity contribution is 6.41. The molecular formula is C15H16Cl2N2O2. The Balaban J connectivity index is 1.90. The zero-order valence-electron chi connectivity index (χ0n) is 11.9. The molecule has 0 radical (unpaired) electrons. The fourth-order valence-corrected chi connectivity index (χ4v) is 2.30. The maximum Gasteiger partial charge on any atom is 0.287 e. The molecule has 6 heteroatoms. The summed E-state index contributed by atoms with van der Waals surface area (Å²) in [5, 5.41) is 4.12. The van der Waals surface area contributed by atoms with E-state index in [1.807, 2.05) is 26.0 Å². The molecule has 0 saturated carbocycles. The van der Waals surface area contributed by atoms with E-state index >= 15 is 0 Å². The van der Waals surface area contributed by atoms with Gasteiger partial charge >= 0.3 is 0 Å². The lowest BCUT2D eigenvalue weighted by Gasteiger charge is -2.09. The summed E-state index contributed by atoms with van der Waals surface area (Å²) in [5.41, 5.74) is 1.94. The molecule has 0 unspecified atom stereocenters. The average molecular weight is 327 g/mol. The van der Waals surface area contributed by atoms with Gasteiger partial charge in [-0.25, -0.2) is 4.68 Å². The SMILES string of the molecule is Cc1cc(C)cc(OCCCn2ncc(Cl)c(Cl)c2=O)c1. The molecule has 1 aromatic carbocycles. The zero-order chi connectivity index (χ0) is 15.4. The molecule has 1 aromatic heterocycles. The van der Waals surface area contributed by atoms with Crippen LogP contribution in [0.5, 0.6) is 5.75 Å². The third kappa shape index (κ3) is 4.22. The normalized spacial score (nSPS) is 10.7. The largest absolute Gasteiger partial charge is 0.494 e. The molecule has 112 valence electrons. The topological polar surface area (TPSA) is 44.1 Å². The predicted octanol–water partition coefficient (Wildman–Crippen LogP) is 3.64. The van der Waals surface area contributed by atoms with Crippen molar-refractivity contribution in [2.24, 2.45) is 0 Å². The van der Waals surface area contributed by atoms with Gasteiger partial charge in [0, 0.05) is 13.0 Å². The number of rotatable bonds is 5. The third-order valence-corrected chi connectivity index (χ3v) is 3.67. The average Bonchev–Trinajstić information content (AvgIpc) is 2.42. The van der Waals surface area contributed by atoms with Gasteiger partial charge in [0.15, 0.2) is 0 Å². The maximum atomic E-state index is 11.8. The molecular weight excluding hydrogens is 311 g/mol. The Morgan fingerprint density at radius 1 is 1.19 bits per heavy atom. The fourth-order valence-electron chi connectivity index (χ4n) is 2.02. The lowest BCUT2D eigenvalue weighted by atomic mass is 10.1. The second-order valence-electron chi connectivity index (χ2n) is 4.86. The van der Waals surface area contributed by atoms with Gasteiger partial charge < -0.3 is 4.74 Å². The summed E-state index contributed by atoms with van der Waals surface area (Å²) >= 11 is 11.5. The van der Waals surface area contributed by atoms with Crippen molar-refractivity contribution in [2.75, 3.05) is 6.61 Å². The standard InChI is InChI=1S/C15H16Cl2N2O2/c1-10-6-11(2)8-12(7-10)21-5-3-4-19-15(20)14(17)13(16)9-18-19/h6-9H,3-5H2,1-2H3. The molecule has 0 spiro atoms. The van der Waals surface area contributed by atoms with Gasteiger partial charge in [-0.15, -0.1) is 0 Å². The van der Waals surface area contributed by atoms with Crippen molar-refractivity contribution in [1.82, 2.24) is 9.78 Å². The van der Waals surface area contributed by atoms with Crippen molar-refractivity contribution in [3.63, 3.8) is 0 Å². The van der Waals surface area contributed by atoms with Gasteiger partial charge in [-0.3, -0.25) is 4.79 Å². The third-order valence-electron chi connectivity index (χ3n) is 2.92. The summed E-state index contributed by atoms with van der Waals surface area (Å²) < 4.78 is 6.97. The second-order valence-corrected chi connectivity index (χ2v) is 5.65. The number of ether oxygens (including phenoxy) is 1. The summed E-state index contributed by atoms with van der Waals surface area (Å²) in [5.74, 6) is 0.835. The van der Waals surface area contributed by atoms with Crippen LogP contribution in [0.3, 0.4) is 0 Å². The number of aryl methyl sites for hydroxylation is 3. The van der Waals surface area contributed by atoms with Crippen molar-refractivity contribution in [1.29, 1.82) is 0 Å². The number of halogens is 2. The summed E-state index contributed by atoms with van der Waals surface area (Å²) in [6.45, 7) is 4.98. The Morgan fingerprint density at radius 2 is 1.86 bits per heavy atom. The molecule has 0 N–H and O–H groups in total. The van der Waals surface area contributed by atoms with Gasteiger partial charge in [0.05, 0.1) is 17.8 Å². The van der Waals surface area contributed by atoms with Crippen molar-refractivity contribution >= 4 is 23.2 Å². The van der Waals surface area contributed by atoms with Crippen LogP contribution < -0.4 is 10.3 Å². The summed E-state index contributed by atoms with van der Waals surface area (Å²) in [4.78, 5) is 11.8. The van der Waals surface area contributed by atoms with Crippen molar-refractivity contribution in [2.45, 2.75) is 26.8 Å². The van der Waals surface area contributed by atoms with Crippen LogP contribution in [0.25, 0.3) is 0 Å². The number of hydrogen-bond acceptors (Lipinski definition) is 3. The van der Waals surface area contributed by atoms with Crippen molar-refractivity contribution < 1.29 is 4.74 Å². The van der Waals surface area contributed by atoms with Gasteiger partial charge in [-0.05, 0) is 37.1 Å². The molecule has 1 heterocycles. The molecule has 2 aromatic rings. The lowest BCUT2D eigenvalue weighted by Crippen LogP contribution is -2.24. The molecule has 4 nitrogen and oxygen atoms in total. The van der Waals surface area contributed by atoms with E-state index < -0.39 is 0 Å². The summed E-state index contributed by atoms with van der Waals surface area (Å²) in [6, 6.07) is 6.05. The molecule has 0 atom stereocenters. The molecule has 0 aliphatic carbocycles. The number of aromatic nitrogens is 2. The van der Waals surface area contributed by atoms with Crippen molar-refractivity contribution in [3.05, 3.63) is 55.9 Å². The van der Waals surface area contributed by atoms with E-state index in [2.05, 4.69) is 11.2 Å². The van der Waals surface area contributed by atoms with Crippen LogP contribution in [0.4, 0.5) is 0 Å². The minimum atomic E-state index is -0.379. The summed E-state index contributed by atoms with van der Waals surface area (Å²) in [6.07, 6.45) is 2.02. The zero-order valence-corrected chi connectivity index (χ0v) is 13.4. The van der Waals surface area contributed by atoms with Crippen LogP contribution in [0.15, 0.2) is 29.2 Å². The lowest BCUT2D eigenvalue weighted by molar-refractivity contribution is 0.296. The van der Waals surface area contributed by atoms with Crippen molar-refractivity contribution in [3.8, 4) is 5.75 Å². The highest BCUT2D eigenvalue weighted by Gasteiger charge is 2.07. The first kappa shape index (κ1) is 15.9. The first-order valence-corrected chi connectivity index (χ1v) is 7.35. The van der Waals surface area contributed by atoms with Crippen LogP contribution in [-0.4, -0.2) is 16.4 Å². The van der Waals surface area contributed by atoms with E-state index in [0.29, 0.717) is 19.6 Å². The van der Waals surface area contributed by atoms with E-state index in [1.54, 1.807) is 0 Å². The van der Waals surface area contributed by atoms with E-state index in [9.17, 15) is 4.79 Å². The smallest absolute Gasteiger partial charge is 0.287 e. The van der Waals surface area contributed by atoms with Gasteiger partial charge in [-0.1, -0.05) is 29.3 Å². The second kappa shape index (κ2) is 6.96. The highest BCUT2D eigenvalue weighted by Crippen LogP contribution is 2.17. The first-order chi connectivity index (χ1) is 9.97. The molecule has 0 saturated heterocycles. The van der Waals surface area contributed by atoms with Gasteiger partial charge in [-0.2, -0.15) is 5.10 Å². The molecule has 0 aliphatic rings. The van der Waals surface area contributed by atoms with Crippen LogP contribution in [-0.2, 0) is 6.54 Å². The fraction of sp³-hybridized carbons (Fsp3) is 0.333. The molecule has 0 aliphatic heterocycles. The quantitative estimate of drug-likeness (QED) is 0.788. The Labute approximate surface area is 133 Å². The van der Waals surface area contributed by atoms with Crippen LogP contribution in [0.2, 0.25) is 10.0 Å². The molecule has 0 amide bonds. The van der Waals surface area contributed by atoms with E-state index in [1.165, 1.54) is 10.9 Å².